The van der Waals surface area contributed by atoms with Crippen LogP contribution in [0.4, 0.5) is 0 Å². The van der Waals surface area contributed by atoms with Crippen LogP contribution in [0.25, 0.3) is 10.6 Å². The van der Waals surface area contributed by atoms with E-state index in [1.807, 2.05) is 11.8 Å². The molecule has 1 aromatic heterocycles. The van der Waals surface area contributed by atoms with Crippen molar-refractivity contribution in [3.05, 3.63) is 56.3 Å². The summed E-state index contributed by atoms with van der Waals surface area (Å²) in [7, 11) is 0. The highest BCUT2D eigenvalue weighted by molar-refractivity contribution is 8.08. The maximum atomic E-state index is 14.8. The molecule has 0 aromatic carbocycles. The quantitative estimate of drug-likeness (QED) is 0.103. The number of fused-ring (bicyclic) bond motifs is 1. The molecule has 0 saturated heterocycles. The van der Waals surface area contributed by atoms with Gasteiger partial charge in [0.1, 0.15) is 0 Å². The number of hydrogen-bond acceptors (Lipinski definition) is 7. The highest BCUT2D eigenvalue weighted by Crippen LogP contribution is 2.54. The first kappa shape index (κ1) is 41.3. The number of carbonyl (C=O) groups excluding carboxylic acids is 1. The lowest BCUT2D eigenvalue weighted by molar-refractivity contribution is -0.125. The van der Waals surface area contributed by atoms with Crippen LogP contribution in [0.1, 0.15) is 155 Å². The minimum absolute atomic E-state index is 0.0276. The zero-order valence-electron chi connectivity index (χ0n) is 32.4. The Kier molecular flexibility index (Phi) is 16.6. The predicted octanol–water partition coefficient (Wildman–Crippen LogP) is 12.0. The lowest BCUT2D eigenvalue weighted by atomic mass is 9.80. The van der Waals surface area contributed by atoms with Gasteiger partial charge in [-0.1, -0.05) is 132 Å². The molecule has 3 aliphatic rings. The molecule has 1 aromatic rings. The number of carbonyl (C=O) groups is 1. The molecule has 0 fully saturated rings. The topological polar surface area (TPSA) is 55.8 Å². The Balaban J connectivity index is 1.69. The van der Waals surface area contributed by atoms with E-state index in [9.17, 15) is 9.90 Å². The van der Waals surface area contributed by atoms with Crippen LogP contribution >= 0.6 is 34.9 Å². The van der Waals surface area contributed by atoms with E-state index in [1.165, 1.54) is 62.7 Å². The Hall–Kier alpha value is -1.45. The van der Waals surface area contributed by atoms with Gasteiger partial charge in [0.25, 0.3) is 5.91 Å². The van der Waals surface area contributed by atoms with Crippen molar-refractivity contribution in [3.63, 3.8) is 0 Å². The number of aliphatic hydroxyl groups is 1. The van der Waals surface area contributed by atoms with Gasteiger partial charge >= 0.3 is 0 Å². The average molecular weight is 742 g/mol. The lowest BCUT2D eigenvalue weighted by Crippen LogP contribution is -2.40. The molecule has 0 radical (unpaired) electrons. The van der Waals surface area contributed by atoms with Crippen LogP contribution in [0.2, 0.25) is 0 Å². The van der Waals surface area contributed by atoms with Gasteiger partial charge < -0.3 is 10.0 Å². The Morgan fingerprint density at radius 2 is 1.62 bits per heavy atom. The highest BCUT2D eigenvalue weighted by Gasteiger charge is 2.50. The maximum absolute atomic E-state index is 14.8. The summed E-state index contributed by atoms with van der Waals surface area (Å²) in [5.74, 6) is 1.57. The molecule has 280 valence electrons. The van der Waals surface area contributed by atoms with Gasteiger partial charge in [-0.3, -0.25) is 4.79 Å². The number of amides is 1. The average Bonchev–Trinajstić information content (AvgIpc) is 3.86. The van der Waals surface area contributed by atoms with E-state index in [0.29, 0.717) is 16.7 Å². The summed E-state index contributed by atoms with van der Waals surface area (Å²) >= 11 is 5.37. The standard InChI is InChI=1S/C42H67N3O2S3/c1-9-12-14-16-18-20-22-28-44-38(33-25-26-35(50-33)42(7,8)29-30(4)5)36-37(40(44)46)39(34-24-23-32(49-34)31(6)48-11-3)45(41(36)47)43-27-21-19-17-15-13-10-2/h23-25,30,35,40,43,46H,6,9-22,26-29H2,1-5,7-8H3. The summed E-state index contributed by atoms with van der Waals surface area (Å²) in [6.45, 7) is 21.9. The molecule has 4 heterocycles. The van der Waals surface area contributed by atoms with Gasteiger partial charge in [0.2, 0.25) is 0 Å². The molecule has 0 bridgehead atoms. The summed E-state index contributed by atoms with van der Waals surface area (Å²) in [6, 6.07) is 4.25. The van der Waals surface area contributed by atoms with Crippen LogP contribution in [0.3, 0.4) is 0 Å². The lowest BCUT2D eigenvalue weighted by Gasteiger charge is -2.34. The number of rotatable bonds is 24. The third-order valence-corrected chi connectivity index (χ3v) is 14.2. The zero-order chi connectivity index (χ0) is 36.3. The van der Waals surface area contributed by atoms with Gasteiger partial charge in [0, 0.05) is 38.6 Å². The van der Waals surface area contributed by atoms with Crippen molar-refractivity contribution < 1.29 is 9.90 Å². The molecule has 2 unspecified atom stereocenters. The number of nitrogens with zero attached hydrogens (tertiary/aromatic N) is 2. The monoisotopic (exact) mass is 741 g/mol. The molecule has 1 amide bonds. The van der Waals surface area contributed by atoms with Crippen molar-refractivity contribution in [1.29, 1.82) is 0 Å². The highest BCUT2D eigenvalue weighted by atomic mass is 32.2. The minimum atomic E-state index is -0.858. The van der Waals surface area contributed by atoms with Gasteiger partial charge in [-0.25, -0.2) is 10.4 Å². The number of aliphatic hydroxyl groups excluding tert-OH is 1. The molecular formula is C42H67N3O2S3. The largest absolute Gasteiger partial charge is 0.369 e. The SMILES string of the molecule is C=C(SCC)c1ccc(C2=C3C(=C(C4=CCC(C(C)(C)CC(C)C)S4)N(CCCCCCCCC)C3O)C(=O)N2NCCCCCCCC)s1. The van der Waals surface area contributed by atoms with Gasteiger partial charge in [-0.05, 0) is 54.9 Å². The second kappa shape index (κ2) is 20.1. The van der Waals surface area contributed by atoms with Crippen LogP contribution in [-0.4, -0.2) is 51.2 Å². The van der Waals surface area contributed by atoms with Gasteiger partial charge in [0.15, 0.2) is 6.23 Å². The summed E-state index contributed by atoms with van der Waals surface area (Å²) in [6.07, 6.45) is 19.3. The van der Waals surface area contributed by atoms with E-state index in [0.717, 1.165) is 89.0 Å². The predicted molar refractivity (Wildman–Crippen MR) is 222 cm³/mol. The molecule has 8 heteroatoms. The van der Waals surface area contributed by atoms with Crippen LogP contribution in [-0.2, 0) is 4.79 Å². The third kappa shape index (κ3) is 10.4. The molecule has 0 spiro atoms. The number of hydrazine groups is 1. The van der Waals surface area contributed by atoms with E-state index in [1.54, 1.807) is 28.1 Å². The van der Waals surface area contributed by atoms with Gasteiger partial charge in [-0.15, -0.1) is 34.9 Å². The van der Waals surface area contributed by atoms with Crippen molar-refractivity contribution in [1.82, 2.24) is 15.3 Å². The number of nitrogens with one attached hydrogen (secondary N) is 1. The first-order chi connectivity index (χ1) is 24.0. The van der Waals surface area contributed by atoms with Crippen molar-refractivity contribution in [3.8, 4) is 0 Å². The van der Waals surface area contributed by atoms with Crippen molar-refractivity contribution in [2.45, 2.75) is 156 Å². The number of unbranched alkanes of at least 4 members (excludes halogenated alkanes) is 11. The molecule has 2 N–H and O–H groups in total. The Bertz CT molecular complexity index is 1370. The number of allylic oxidation sites excluding steroid dienone is 1. The zero-order valence-corrected chi connectivity index (χ0v) is 34.8. The van der Waals surface area contributed by atoms with E-state index in [2.05, 4.69) is 83.6 Å². The van der Waals surface area contributed by atoms with Crippen LogP contribution in [0.15, 0.2) is 46.5 Å². The van der Waals surface area contributed by atoms with E-state index >= 15 is 0 Å². The molecule has 4 rings (SSSR count). The van der Waals surface area contributed by atoms with E-state index < -0.39 is 6.23 Å². The summed E-state index contributed by atoms with van der Waals surface area (Å²) in [5.41, 5.74) is 6.98. The fraction of sp³-hybridized carbons (Fsp3) is 0.690. The molecule has 0 saturated carbocycles. The molecule has 0 aliphatic carbocycles. The van der Waals surface area contributed by atoms with E-state index in [4.69, 9.17) is 0 Å². The second-order valence-corrected chi connectivity index (χ2v) is 19.2. The Morgan fingerprint density at radius 1 is 0.980 bits per heavy atom. The Morgan fingerprint density at radius 3 is 2.26 bits per heavy atom. The van der Waals surface area contributed by atoms with Crippen LogP contribution in [0, 0.1) is 11.3 Å². The number of thiophene rings is 1. The molecule has 3 aliphatic heterocycles. The van der Waals surface area contributed by atoms with Gasteiger partial charge in [-0.2, -0.15) is 0 Å². The molecule has 50 heavy (non-hydrogen) atoms. The summed E-state index contributed by atoms with van der Waals surface area (Å²) < 4.78 is 0. The molecule has 2 atom stereocenters. The molecular weight excluding hydrogens is 675 g/mol. The molecule has 5 nitrogen and oxygen atoms in total. The van der Waals surface area contributed by atoms with Crippen molar-refractivity contribution in [2.24, 2.45) is 11.3 Å². The van der Waals surface area contributed by atoms with Gasteiger partial charge in [0.05, 0.1) is 21.8 Å². The summed E-state index contributed by atoms with van der Waals surface area (Å²) in [4.78, 5) is 21.3. The number of hydrogen-bond donors (Lipinski definition) is 2. The van der Waals surface area contributed by atoms with E-state index in [-0.39, 0.29) is 11.3 Å². The fourth-order valence-corrected chi connectivity index (χ4v) is 11.1. The minimum Gasteiger partial charge on any atom is -0.369 e. The Labute approximate surface area is 317 Å². The van der Waals surface area contributed by atoms with Crippen molar-refractivity contribution >= 4 is 51.4 Å². The van der Waals surface area contributed by atoms with Crippen molar-refractivity contribution in [2.75, 3.05) is 18.8 Å². The fourth-order valence-electron chi connectivity index (χ4n) is 7.84. The maximum Gasteiger partial charge on any atom is 0.275 e. The normalized spacial score (nSPS) is 19.5. The first-order valence-electron chi connectivity index (χ1n) is 19.9. The second-order valence-electron chi connectivity index (χ2n) is 15.5. The van der Waals surface area contributed by atoms with Crippen LogP contribution in [0.5, 0.6) is 0 Å². The summed E-state index contributed by atoms with van der Waals surface area (Å²) in [5, 5.41) is 14.6. The third-order valence-electron chi connectivity index (χ3n) is 10.3. The number of thioether (sulfide) groups is 2. The first-order valence-corrected chi connectivity index (χ1v) is 22.5. The smallest absolute Gasteiger partial charge is 0.275 e. The van der Waals surface area contributed by atoms with Crippen LogP contribution < -0.4 is 5.43 Å².